The quantitative estimate of drug-likeness (QED) is 0.572. The zero-order chi connectivity index (χ0) is 23.0. The maximum atomic E-state index is 13.1. The molecule has 172 valence electrons. The van der Waals surface area contributed by atoms with Crippen LogP contribution in [0.1, 0.15) is 35.6 Å². The Morgan fingerprint density at radius 2 is 1.66 bits per heavy atom. The van der Waals surface area contributed by atoms with Gasteiger partial charge in [-0.1, -0.05) is 0 Å². The molecular formula is C23H26O9. The molecular weight excluding hydrogens is 420 g/mol. The van der Waals surface area contributed by atoms with E-state index in [2.05, 4.69) is 0 Å². The Kier molecular flexibility index (Phi) is 6.03. The first-order chi connectivity index (χ1) is 15.4. The number of fused-ring (bicyclic) bond motifs is 2. The number of aromatic hydroxyl groups is 1. The highest BCUT2D eigenvalue weighted by Crippen LogP contribution is 2.53. The van der Waals surface area contributed by atoms with Crippen LogP contribution in [0.15, 0.2) is 24.3 Å². The van der Waals surface area contributed by atoms with Crippen LogP contribution in [0.25, 0.3) is 0 Å². The molecule has 4 rings (SSSR count). The maximum absolute atomic E-state index is 13.1. The lowest BCUT2D eigenvalue weighted by molar-refractivity contribution is -0.154. The highest BCUT2D eigenvalue weighted by Gasteiger charge is 2.48. The monoisotopic (exact) mass is 446 g/mol. The van der Waals surface area contributed by atoms with Crippen molar-refractivity contribution in [3.63, 3.8) is 0 Å². The number of rotatable bonds is 6. The third-order valence-electron chi connectivity index (χ3n) is 6.09. The van der Waals surface area contributed by atoms with Gasteiger partial charge in [0.2, 0.25) is 12.5 Å². The van der Waals surface area contributed by atoms with Gasteiger partial charge in [0.15, 0.2) is 23.0 Å². The predicted molar refractivity (Wildman–Crippen MR) is 111 cm³/mol. The summed E-state index contributed by atoms with van der Waals surface area (Å²) in [6, 6.07) is 6.62. The molecule has 1 aliphatic carbocycles. The minimum absolute atomic E-state index is 0.0462. The first kappa shape index (κ1) is 22.0. The van der Waals surface area contributed by atoms with E-state index in [1.54, 1.807) is 31.2 Å². The summed E-state index contributed by atoms with van der Waals surface area (Å²) in [5.41, 5.74) is 1.73. The van der Waals surface area contributed by atoms with Gasteiger partial charge in [0, 0.05) is 18.4 Å². The number of carbonyl (C=O) groups is 1. The number of ether oxygens (including phenoxy) is 5. The van der Waals surface area contributed by atoms with E-state index in [0.29, 0.717) is 28.2 Å². The van der Waals surface area contributed by atoms with Gasteiger partial charge in [-0.2, -0.15) is 0 Å². The number of aliphatic hydroxyl groups is 2. The highest BCUT2D eigenvalue weighted by atomic mass is 16.7. The number of methoxy groups -OCH3 is 2. The summed E-state index contributed by atoms with van der Waals surface area (Å²) in [5.74, 6) is -1.83. The van der Waals surface area contributed by atoms with Gasteiger partial charge in [0.1, 0.15) is 0 Å². The van der Waals surface area contributed by atoms with Crippen molar-refractivity contribution < 1.29 is 43.8 Å². The lowest BCUT2D eigenvalue weighted by atomic mass is 9.65. The number of hydrogen-bond donors (Lipinski definition) is 3. The second-order valence-electron chi connectivity index (χ2n) is 7.66. The Morgan fingerprint density at radius 1 is 1.06 bits per heavy atom. The summed E-state index contributed by atoms with van der Waals surface area (Å²) < 4.78 is 26.9. The average Bonchev–Trinajstić information content (AvgIpc) is 3.26. The molecule has 0 fully saturated rings. The summed E-state index contributed by atoms with van der Waals surface area (Å²) in [5, 5.41) is 31.6. The fourth-order valence-electron chi connectivity index (χ4n) is 4.61. The maximum Gasteiger partial charge on any atom is 0.310 e. The molecule has 0 radical (unpaired) electrons. The standard InChI is InChI=1S/C23H26O9/c1-4-30-23(27)20-14(9-24)21(25)13-8-16-15(31-10-32-16)7-12(13)19(20)11-5-17(28-2)22(26)18(6-11)29-3/h5-8,14,19-21,24-26H,4,9-10H2,1-3H3/t14-,19+,20-,21-/m0/s1. The molecule has 9 nitrogen and oxygen atoms in total. The molecule has 2 aliphatic rings. The van der Waals surface area contributed by atoms with E-state index in [1.165, 1.54) is 14.2 Å². The van der Waals surface area contributed by atoms with Crippen LogP contribution >= 0.6 is 0 Å². The van der Waals surface area contributed by atoms with Crippen LogP contribution in [0.4, 0.5) is 0 Å². The van der Waals surface area contributed by atoms with Crippen molar-refractivity contribution in [2.75, 3.05) is 34.2 Å². The highest BCUT2D eigenvalue weighted by molar-refractivity contribution is 5.77. The van der Waals surface area contributed by atoms with Crippen molar-refractivity contribution in [3.05, 3.63) is 41.0 Å². The zero-order valence-corrected chi connectivity index (χ0v) is 18.0. The lowest BCUT2D eigenvalue weighted by Crippen LogP contribution is -2.41. The molecule has 0 aromatic heterocycles. The molecule has 3 N–H and O–H groups in total. The second-order valence-corrected chi connectivity index (χ2v) is 7.66. The number of benzene rings is 2. The van der Waals surface area contributed by atoms with E-state index >= 15 is 0 Å². The summed E-state index contributed by atoms with van der Waals surface area (Å²) in [6.45, 7) is 1.44. The number of phenolic OH excluding ortho intramolecular Hbond substituents is 1. The topological polar surface area (TPSA) is 124 Å². The van der Waals surface area contributed by atoms with Gasteiger partial charge in [-0.3, -0.25) is 4.79 Å². The van der Waals surface area contributed by atoms with Crippen LogP contribution < -0.4 is 18.9 Å². The van der Waals surface area contributed by atoms with Crippen molar-refractivity contribution in [1.82, 2.24) is 0 Å². The summed E-state index contributed by atoms with van der Waals surface area (Å²) in [6.07, 6.45) is -1.13. The molecule has 4 atom stereocenters. The zero-order valence-electron chi connectivity index (χ0n) is 18.0. The molecule has 0 saturated carbocycles. The summed E-state index contributed by atoms with van der Waals surface area (Å²) >= 11 is 0. The van der Waals surface area contributed by atoms with Gasteiger partial charge in [-0.15, -0.1) is 0 Å². The Hall–Kier alpha value is -3.17. The van der Waals surface area contributed by atoms with E-state index in [-0.39, 0.29) is 30.6 Å². The Labute approximate surface area is 185 Å². The van der Waals surface area contributed by atoms with Crippen molar-refractivity contribution >= 4 is 5.97 Å². The Balaban J connectivity index is 1.98. The number of phenols is 1. The van der Waals surface area contributed by atoms with Crippen molar-refractivity contribution in [3.8, 4) is 28.7 Å². The van der Waals surface area contributed by atoms with Crippen LogP contribution in [0.5, 0.6) is 28.7 Å². The molecule has 2 aromatic rings. The lowest BCUT2D eigenvalue weighted by Gasteiger charge is -2.41. The van der Waals surface area contributed by atoms with Crippen molar-refractivity contribution in [2.45, 2.75) is 18.9 Å². The minimum Gasteiger partial charge on any atom is -0.502 e. The third kappa shape index (κ3) is 3.47. The Bertz CT molecular complexity index is 994. The first-order valence-electron chi connectivity index (χ1n) is 10.3. The van der Waals surface area contributed by atoms with Crippen LogP contribution in [0.2, 0.25) is 0 Å². The minimum atomic E-state index is -1.13. The van der Waals surface area contributed by atoms with Crippen LogP contribution in [0, 0.1) is 11.8 Å². The summed E-state index contributed by atoms with van der Waals surface area (Å²) in [4.78, 5) is 13.1. The molecule has 9 heteroatoms. The second kappa shape index (κ2) is 8.76. The first-order valence-corrected chi connectivity index (χ1v) is 10.3. The Morgan fingerprint density at radius 3 is 2.19 bits per heavy atom. The molecule has 0 spiro atoms. The van der Waals surface area contributed by atoms with Crippen LogP contribution in [0.3, 0.4) is 0 Å². The normalized spacial score (nSPS) is 23.4. The van der Waals surface area contributed by atoms with E-state index in [0.717, 1.165) is 0 Å². The van der Waals surface area contributed by atoms with Gasteiger partial charge in [-0.25, -0.2) is 0 Å². The number of carbonyl (C=O) groups excluding carboxylic acids is 1. The third-order valence-corrected chi connectivity index (χ3v) is 6.09. The van der Waals surface area contributed by atoms with Crippen molar-refractivity contribution in [2.24, 2.45) is 11.8 Å². The molecule has 1 heterocycles. The largest absolute Gasteiger partial charge is 0.502 e. The molecule has 32 heavy (non-hydrogen) atoms. The van der Waals surface area contributed by atoms with E-state index < -0.39 is 36.4 Å². The molecule has 0 bridgehead atoms. The van der Waals surface area contributed by atoms with Crippen LogP contribution in [-0.2, 0) is 9.53 Å². The van der Waals surface area contributed by atoms with Gasteiger partial charge < -0.3 is 39.0 Å². The van der Waals surface area contributed by atoms with Gasteiger partial charge in [0.05, 0.1) is 32.8 Å². The average molecular weight is 446 g/mol. The molecule has 0 saturated heterocycles. The molecule has 1 aliphatic heterocycles. The van der Waals surface area contributed by atoms with Gasteiger partial charge in [-0.05, 0) is 47.9 Å². The molecule has 2 aromatic carbocycles. The summed E-state index contributed by atoms with van der Waals surface area (Å²) in [7, 11) is 2.82. The SMILES string of the molecule is CCOC(=O)[C@@H]1[C@H](c2cc(OC)c(O)c(OC)c2)c2cc3c(cc2[C@H](O)[C@H]1CO)OCO3. The van der Waals surface area contributed by atoms with Crippen molar-refractivity contribution in [1.29, 1.82) is 0 Å². The van der Waals surface area contributed by atoms with E-state index in [9.17, 15) is 20.1 Å². The number of aliphatic hydroxyl groups excluding tert-OH is 2. The smallest absolute Gasteiger partial charge is 0.310 e. The van der Waals surface area contributed by atoms with Gasteiger partial charge in [0.25, 0.3) is 0 Å². The molecule has 0 unspecified atom stereocenters. The van der Waals surface area contributed by atoms with E-state index in [4.69, 9.17) is 23.7 Å². The molecule has 0 amide bonds. The van der Waals surface area contributed by atoms with E-state index in [1.807, 2.05) is 0 Å². The number of hydrogen-bond acceptors (Lipinski definition) is 9. The fraction of sp³-hybridized carbons (Fsp3) is 0.435. The fourth-order valence-corrected chi connectivity index (χ4v) is 4.61. The van der Waals surface area contributed by atoms with Crippen LogP contribution in [-0.4, -0.2) is 55.5 Å². The number of esters is 1. The van der Waals surface area contributed by atoms with Gasteiger partial charge >= 0.3 is 5.97 Å². The predicted octanol–water partition coefficient (Wildman–Crippen LogP) is 2.10.